The van der Waals surface area contributed by atoms with E-state index in [1.54, 1.807) is 23.7 Å². The standard InChI is InChI=1S/C9H10N4O3/c10-9(13-14)12-11-4-6-1-2-7-8(3-6)16-5-15-7/h1-4,14H,5H2,(H3,10,12,13)/b11-4-. The number of rotatable bonds is 2. The third kappa shape index (κ3) is 2.20. The van der Waals surface area contributed by atoms with Gasteiger partial charge in [0, 0.05) is 0 Å². The van der Waals surface area contributed by atoms with Crippen LogP contribution in [-0.4, -0.2) is 24.2 Å². The Morgan fingerprint density at radius 2 is 2.25 bits per heavy atom. The van der Waals surface area contributed by atoms with Crippen LogP contribution in [0.5, 0.6) is 11.5 Å². The molecule has 84 valence electrons. The van der Waals surface area contributed by atoms with Crippen LogP contribution in [0.3, 0.4) is 0 Å². The number of guanidine groups is 1. The van der Waals surface area contributed by atoms with E-state index in [2.05, 4.69) is 10.2 Å². The molecule has 4 N–H and O–H groups in total. The third-order valence-corrected chi connectivity index (χ3v) is 1.88. The number of nitrogens with zero attached hydrogens (tertiary/aromatic N) is 2. The van der Waals surface area contributed by atoms with E-state index in [0.29, 0.717) is 11.5 Å². The van der Waals surface area contributed by atoms with Gasteiger partial charge in [-0.25, -0.2) is 5.48 Å². The summed E-state index contributed by atoms with van der Waals surface area (Å²) >= 11 is 0. The molecule has 0 aliphatic carbocycles. The van der Waals surface area contributed by atoms with Crippen LogP contribution < -0.4 is 20.7 Å². The summed E-state index contributed by atoms with van der Waals surface area (Å²) in [6.45, 7) is 0.232. The fourth-order valence-corrected chi connectivity index (χ4v) is 1.17. The number of hydroxylamine groups is 1. The number of ether oxygens (including phenoxy) is 2. The van der Waals surface area contributed by atoms with Crippen LogP contribution in [0.25, 0.3) is 0 Å². The Morgan fingerprint density at radius 3 is 3.06 bits per heavy atom. The predicted molar refractivity (Wildman–Crippen MR) is 56.7 cm³/mol. The quantitative estimate of drug-likeness (QED) is 0.372. The molecule has 0 radical (unpaired) electrons. The second kappa shape index (κ2) is 4.49. The van der Waals surface area contributed by atoms with Crippen molar-refractivity contribution in [3.63, 3.8) is 0 Å². The lowest BCUT2D eigenvalue weighted by Crippen LogP contribution is -2.27. The first-order valence-electron chi connectivity index (χ1n) is 4.46. The Balaban J connectivity index is 2.11. The molecule has 0 saturated carbocycles. The van der Waals surface area contributed by atoms with Gasteiger partial charge in [-0.3, -0.25) is 5.21 Å². The monoisotopic (exact) mass is 222 g/mol. The molecule has 2 rings (SSSR count). The smallest absolute Gasteiger partial charge is 0.237 e. The van der Waals surface area contributed by atoms with Crippen LogP contribution in [0.15, 0.2) is 28.4 Å². The highest BCUT2D eigenvalue weighted by Crippen LogP contribution is 2.31. The lowest BCUT2D eigenvalue weighted by Gasteiger charge is -1.96. The summed E-state index contributed by atoms with van der Waals surface area (Å²) in [7, 11) is 0. The van der Waals surface area contributed by atoms with Gasteiger partial charge in [0.2, 0.25) is 12.8 Å². The number of fused-ring (bicyclic) bond motifs is 1. The zero-order valence-corrected chi connectivity index (χ0v) is 8.25. The Labute approximate surface area is 91.1 Å². The van der Waals surface area contributed by atoms with Gasteiger partial charge >= 0.3 is 0 Å². The summed E-state index contributed by atoms with van der Waals surface area (Å²) in [5, 5.41) is 15.5. The number of hydrogen-bond acceptors (Lipinski definition) is 5. The summed E-state index contributed by atoms with van der Waals surface area (Å²) in [5.74, 6) is 1.19. The minimum Gasteiger partial charge on any atom is -0.454 e. The van der Waals surface area contributed by atoms with Crippen molar-refractivity contribution in [3.05, 3.63) is 23.8 Å². The van der Waals surface area contributed by atoms with E-state index in [1.807, 2.05) is 0 Å². The van der Waals surface area contributed by atoms with Crippen molar-refractivity contribution in [1.82, 2.24) is 5.48 Å². The van der Waals surface area contributed by atoms with Crippen molar-refractivity contribution in [1.29, 1.82) is 0 Å². The average molecular weight is 222 g/mol. The van der Waals surface area contributed by atoms with Gasteiger partial charge in [-0.2, -0.15) is 5.10 Å². The van der Waals surface area contributed by atoms with Crippen LogP contribution in [0.4, 0.5) is 0 Å². The molecule has 0 bridgehead atoms. The SMILES string of the molecule is N/C(=N\N=C/c1ccc2c(c1)OCO2)NO. The highest BCUT2D eigenvalue weighted by molar-refractivity contribution is 5.82. The summed E-state index contributed by atoms with van der Waals surface area (Å²) in [4.78, 5) is 0. The minimum absolute atomic E-state index is 0.183. The predicted octanol–water partition coefficient (Wildman–Crippen LogP) is 0.0427. The summed E-state index contributed by atoms with van der Waals surface area (Å²) in [6.07, 6.45) is 1.48. The Bertz CT molecular complexity index is 444. The zero-order chi connectivity index (χ0) is 11.4. The molecule has 7 heteroatoms. The van der Waals surface area contributed by atoms with Crippen LogP contribution in [0, 0.1) is 0 Å². The van der Waals surface area contributed by atoms with Gasteiger partial charge < -0.3 is 15.2 Å². The molecule has 1 heterocycles. The Hall–Kier alpha value is -2.28. The topological polar surface area (TPSA) is 101 Å². The molecule has 0 amide bonds. The third-order valence-electron chi connectivity index (χ3n) is 1.88. The largest absolute Gasteiger partial charge is 0.454 e. The van der Waals surface area contributed by atoms with Crippen molar-refractivity contribution in [2.75, 3.05) is 6.79 Å². The Morgan fingerprint density at radius 1 is 1.44 bits per heavy atom. The maximum atomic E-state index is 8.34. The molecule has 0 atom stereocenters. The minimum atomic E-state index is -0.183. The van der Waals surface area contributed by atoms with Gasteiger partial charge in [-0.15, -0.1) is 5.10 Å². The van der Waals surface area contributed by atoms with E-state index in [4.69, 9.17) is 20.4 Å². The number of nitrogens with two attached hydrogens (primary N) is 1. The van der Waals surface area contributed by atoms with Crippen molar-refractivity contribution >= 4 is 12.2 Å². The van der Waals surface area contributed by atoms with Gasteiger partial charge in [-0.05, 0) is 23.8 Å². The molecule has 0 spiro atoms. The molecule has 1 aliphatic heterocycles. The van der Waals surface area contributed by atoms with Gasteiger partial charge in [0.15, 0.2) is 11.5 Å². The van der Waals surface area contributed by atoms with E-state index in [0.717, 1.165) is 5.56 Å². The van der Waals surface area contributed by atoms with Crippen LogP contribution in [0.2, 0.25) is 0 Å². The molecular formula is C9H10N4O3. The first-order chi connectivity index (χ1) is 7.79. The number of nitrogens with one attached hydrogen (secondary N) is 1. The van der Waals surface area contributed by atoms with E-state index in [9.17, 15) is 0 Å². The van der Waals surface area contributed by atoms with E-state index >= 15 is 0 Å². The fraction of sp³-hybridized carbons (Fsp3) is 0.111. The number of benzene rings is 1. The lowest BCUT2D eigenvalue weighted by molar-refractivity contribution is 0.174. The fourth-order valence-electron chi connectivity index (χ4n) is 1.17. The Kier molecular flexibility index (Phi) is 2.88. The van der Waals surface area contributed by atoms with E-state index in [1.165, 1.54) is 6.21 Å². The highest BCUT2D eigenvalue weighted by atomic mass is 16.7. The van der Waals surface area contributed by atoms with Gasteiger partial charge in [0.25, 0.3) is 0 Å². The molecule has 0 fully saturated rings. The van der Waals surface area contributed by atoms with Gasteiger partial charge in [-0.1, -0.05) is 0 Å². The summed E-state index contributed by atoms with van der Waals surface area (Å²) in [5.41, 5.74) is 7.61. The van der Waals surface area contributed by atoms with Crippen LogP contribution in [0.1, 0.15) is 5.56 Å². The average Bonchev–Trinajstić information content (AvgIpc) is 2.76. The van der Waals surface area contributed by atoms with Crippen LogP contribution in [-0.2, 0) is 0 Å². The maximum Gasteiger partial charge on any atom is 0.237 e. The normalized spacial score (nSPS) is 14.4. The maximum absolute atomic E-state index is 8.34. The molecule has 1 aromatic carbocycles. The van der Waals surface area contributed by atoms with Crippen molar-refractivity contribution in [2.45, 2.75) is 0 Å². The molecule has 0 saturated heterocycles. The molecule has 0 aromatic heterocycles. The van der Waals surface area contributed by atoms with Crippen molar-refractivity contribution in [2.24, 2.45) is 15.9 Å². The van der Waals surface area contributed by atoms with Crippen molar-refractivity contribution in [3.8, 4) is 11.5 Å². The molecule has 1 aromatic rings. The highest BCUT2D eigenvalue weighted by Gasteiger charge is 2.12. The van der Waals surface area contributed by atoms with Crippen LogP contribution >= 0.6 is 0 Å². The molecule has 0 unspecified atom stereocenters. The molecular weight excluding hydrogens is 212 g/mol. The molecule has 7 nitrogen and oxygen atoms in total. The first kappa shape index (κ1) is 10.2. The lowest BCUT2D eigenvalue weighted by atomic mass is 10.2. The molecule has 1 aliphatic rings. The van der Waals surface area contributed by atoms with E-state index < -0.39 is 0 Å². The molecule has 16 heavy (non-hydrogen) atoms. The van der Waals surface area contributed by atoms with E-state index in [-0.39, 0.29) is 12.8 Å². The first-order valence-corrected chi connectivity index (χ1v) is 4.46. The number of hydrogen-bond donors (Lipinski definition) is 3. The van der Waals surface area contributed by atoms with Gasteiger partial charge in [0.05, 0.1) is 6.21 Å². The summed E-state index contributed by atoms with van der Waals surface area (Å²) in [6, 6.07) is 5.35. The van der Waals surface area contributed by atoms with Gasteiger partial charge in [0.1, 0.15) is 0 Å². The second-order valence-electron chi connectivity index (χ2n) is 2.95. The second-order valence-corrected chi connectivity index (χ2v) is 2.95. The van der Waals surface area contributed by atoms with Crippen molar-refractivity contribution < 1.29 is 14.7 Å². The zero-order valence-electron chi connectivity index (χ0n) is 8.25. The summed E-state index contributed by atoms with van der Waals surface area (Å²) < 4.78 is 10.3.